The Morgan fingerprint density at radius 2 is 1.48 bits per heavy atom. The minimum atomic E-state index is -0.981. The van der Waals surface area contributed by atoms with Crippen LogP contribution in [0.5, 0.6) is 17.2 Å². The highest BCUT2D eigenvalue weighted by Crippen LogP contribution is 2.57. The minimum absolute atomic E-state index is 0.159. The maximum Gasteiger partial charge on any atom is 0.293 e. The number of piperazine rings is 1. The van der Waals surface area contributed by atoms with Gasteiger partial charge in [-0.1, -0.05) is 0 Å². The quantitative estimate of drug-likeness (QED) is 0.395. The second-order valence-electron chi connectivity index (χ2n) is 10.8. The van der Waals surface area contributed by atoms with Crippen LogP contribution in [0, 0.1) is 18.8 Å². The molecule has 1 amide bonds. The molecular formula is C30H38N2O10. The summed E-state index contributed by atoms with van der Waals surface area (Å²) in [6.45, 7) is 3.86. The number of ketones is 1. The van der Waals surface area contributed by atoms with E-state index >= 15 is 0 Å². The number of Topliss-reactive ketones (excluding diaryl/α,β-unsaturated/α-hetero) is 1. The third kappa shape index (κ3) is 3.80. The molecule has 0 saturated carbocycles. The largest absolute Gasteiger partial charge is 0.500 e. The number of likely N-dealkylation sites (N-methyl/N-ethyl adjacent to an activating group) is 1. The molecular weight excluding hydrogens is 548 g/mol. The van der Waals surface area contributed by atoms with Crippen LogP contribution in [0.15, 0.2) is 22.9 Å². The van der Waals surface area contributed by atoms with E-state index in [9.17, 15) is 14.4 Å². The zero-order valence-corrected chi connectivity index (χ0v) is 25.4. The third-order valence-electron chi connectivity index (χ3n) is 9.33. The predicted octanol–water partition coefficient (Wildman–Crippen LogP) is 1.92. The maximum atomic E-state index is 14.9. The third-order valence-corrected chi connectivity index (χ3v) is 9.33. The fourth-order valence-corrected chi connectivity index (χ4v) is 7.76. The van der Waals surface area contributed by atoms with Gasteiger partial charge >= 0.3 is 0 Å². The topological polar surface area (TPSA) is 122 Å². The van der Waals surface area contributed by atoms with E-state index in [2.05, 4.69) is 0 Å². The lowest BCUT2D eigenvalue weighted by atomic mass is 9.65. The van der Waals surface area contributed by atoms with E-state index in [0.29, 0.717) is 53.0 Å². The van der Waals surface area contributed by atoms with E-state index in [-0.39, 0.29) is 18.3 Å². The summed E-state index contributed by atoms with van der Waals surface area (Å²) in [6.07, 6.45) is 0.316. The predicted molar refractivity (Wildman–Crippen MR) is 148 cm³/mol. The number of rotatable bonds is 9. The summed E-state index contributed by atoms with van der Waals surface area (Å²) in [5.74, 6) is 0.727. The van der Waals surface area contributed by atoms with E-state index in [0.717, 1.165) is 16.7 Å². The number of methoxy groups -OCH3 is 6. The van der Waals surface area contributed by atoms with Crippen LogP contribution in [-0.2, 0) is 39.8 Å². The van der Waals surface area contributed by atoms with Gasteiger partial charge in [-0.25, -0.2) is 0 Å². The van der Waals surface area contributed by atoms with Gasteiger partial charge in [-0.15, -0.1) is 0 Å². The van der Waals surface area contributed by atoms with Gasteiger partial charge in [0, 0.05) is 28.7 Å². The molecule has 3 heterocycles. The summed E-state index contributed by atoms with van der Waals surface area (Å²) in [4.78, 5) is 44.4. The lowest BCUT2D eigenvalue weighted by Crippen LogP contribution is -2.74. The van der Waals surface area contributed by atoms with Gasteiger partial charge in [0.25, 0.3) is 6.47 Å². The first-order valence-corrected chi connectivity index (χ1v) is 13.7. The van der Waals surface area contributed by atoms with Crippen molar-refractivity contribution in [2.45, 2.75) is 44.4 Å². The summed E-state index contributed by atoms with van der Waals surface area (Å²) in [7, 11) is 11.0. The normalized spacial score (nSPS) is 28.5. The molecule has 12 heteroatoms. The number of nitrogens with zero attached hydrogens (tertiary/aromatic N) is 2. The van der Waals surface area contributed by atoms with Crippen LogP contribution in [0.1, 0.15) is 29.7 Å². The van der Waals surface area contributed by atoms with Crippen LogP contribution >= 0.6 is 0 Å². The van der Waals surface area contributed by atoms with Crippen molar-refractivity contribution in [2.75, 3.05) is 56.3 Å². The molecule has 1 aromatic carbocycles. The van der Waals surface area contributed by atoms with Crippen LogP contribution in [-0.4, -0.2) is 102 Å². The minimum Gasteiger partial charge on any atom is -0.500 e. The van der Waals surface area contributed by atoms with Gasteiger partial charge in [0.05, 0.1) is 72.6 Å². The molecule has 2 bridgehead atoms. The van der Waals surface area contributed by atoms with Gasteiger partial charge < -0.3 is 38.1 Å². The number of carbonyl (C=O) groups is 3. The Morgan fingerprint density at radius 3 is 2.02 bits per heavy atom. The summed E-state index contributed by atoms with van der Waals surface area (Å²) < 4.78 is 40.3. The zero-order chi connectivity index (χ0) is 30.6. The van der Waals surface area contributed by atoms with Crippen molar-refractivity contribution in [2.24, 2.45) is 11.8 Å². The SMILES string of the molecule is COC1=C(OC)C2C(C(=O)[C@H]3[C@H]4c5c(c(OC)c(C)c(OC)c5OC)C[C@@H](C(=O)N3[C@H]2COC=O)N4C)C(OC)=C1C. The molecule has 4 aliphatic rings. The summed E-state index contributed by atoms with van der Waals surface area (Å²) in [5.41, 5.74) is 2.87. The zero-order valence-electron chi connectivity index (χ0n) is 25.4. The number of carbonyl (C=O) groups excluding carboxylic acids is 3. The van der Waals surface area contributed by atoms with Crippen LogP contribution in [0.25, 0.3) is 0 Å². The lowest BCUT2D eigenvalue weighted by Gasteiger charge is -2.59. The lowest BCUT2D eigenvalue weighted by molar-refractivity contribution is -0.176. The van der Waals surface area contributed by atoms with Crippen molar-refractivity contribution in [3.05, 3.63) is 39.5 Å². The van der Waals surface area contributed by atoms with Crippen molar-refractivity contribution in [3.63, 3.8) is 0 Å². The molecule has 0 radical (unpaired) electrons. The van der Waals surface area contributed by atoms with E-state index in [1.807, 2.05) is 18.9 Å². The van der Waals surface area contributed by atoms with E-state index < -0.39 is 36.0 Å². The molecule has 3 aliphatic heterocycles. The molecule has 0 spiro atoms. The fourth-order valence-electron chi connectivity index (χ4n) is 7.76. The van der Waals surface area contributed by atoms with E-state index in [4.69, 9.17) is 33.2 Å². The number of hydrogen-bond donors (Lipinski definition) is 0. The molecule has 2 fully saturated rings. The first-order chi connectivity index (χ1) is 20.2. The molecule has 2 saturated heterocycles. The molecule has 1 aromatic rings. The van der Waals surface area contributed by atoms with Crippen LogP contribution in [0.4, 0.5) is 0 Å². The molecule has 12 nitrogen and oxygen atoms in total. The average molecular weight is 587 g/mol. The maximum absolute atomic E-state index is 14.9. The number of hydrogen-bond acceptors (Lipinski definition) is 11. The Kier molecular flexibility index (Phi) is 7.78. The Hall–Kier alpha value is -3.93. The molecule has 6 atom stereocenters. The Labute approximate surface area is 245 Å². The second-order valence-corrected chi connectivity index (χ2v) is 10.8. The number of allylic oxidation sites excluding steroid dienone is 2. The van der Waals surface area contributed by atoms with E-state index in [1.165, 1.54) is 21.3 Å². The van der Waals surface area contributed by atoms with Crippen molar-refractivity contribution >= 4 is 18.2 Å². The van der Waals surface area contributed by atoms with Gasteiger partial charge in [-0.2, -0.15) is 0 Å². The van der Waals surface area contributed by atoms with Crippen LogP contribution in [0.3, 0.4) is 0 Å². The first kappa shape index (κ1) is 29.6. The number of fused-ring (bicyclic) bond motifs is 7. The second kappa shape index (κ2) is 11.0. The van der Waals surface area contributed by atoms with Crippen LogP contribution < -0.4 is 14.2 Å². The van der Waals surface area contributed by atoms with Gasteiger partial charge in [-0.05, 0) is 20.9 Å². The monoisotopic (exact) mass is 586 g/mol. The van der Waals surface area contributed by atoms with Gasteiger partial charge in [0.15, 0.2) is 23.0 Å². The number of benzene rings is 1. The number of ether oxygens (including phenoxy) is 7. The summed E-state index contributed by atoms with van der Waals surface area (Å²) >= 11 is 0. The Balaban J connectivity index is 1.82. The summed E-state index contributed by atoms with van der Waals surface area (Å²) in [5, 5.41) is 0. The molecule has 228 valence electrons. The molecule has 42 heavy (non-hydrogen) atoms. The molecule has 5 rings (SSSR count). The van der Waals surface area contributed by atoms with Crippen molar-refractivity contribution in [1.82, 2.24) is 9.80 Å². The van der Waals surface area contributed by atoms with Crippen molar-refractivity contribution < 1.29 is 47.5 Å². The highest BCUT2D eigenvalue weighted by atomic mass is 16.5. The fraction of sp³-hybridized carbons (Fsp3) is 0.567. The number of piperidine rings is 1. The Bertz CT molecular complexity index is 1380. The molecule has 0 N–H and O–H groups in total. The highest BCUT2D eigenvalue weighted by Gasteiger charge is 2.64. The van der Waals surface area contributed by atoms with Gasteiger partial charge in [0.2, 0.25) is 5.91 Å². The standard InChI is InChI=1S/C30H38N2O10/c1-13-24(36-4)15-10-16-30(35)32-17(11-42-12-33)19-20(25(37-5)14(2)27(39-7)29(19)41-9)23(34)22(32)21(31(16)3)18(15)28(40-8)26(13)38-6/h12,16-17,19-22H,10-11H2,1-9H3/t16-,17-,19?,20?,21+,22+/m0/s1. The average Bonchev–Trinajstić information content (AvgIpc) is 2.98. The van der Waals surface area contributed by atoms with Gasteiger partial charge in [-0.3, -0.25) is 19.3 Å². The highest BCUT2D eigenvalue weighted by molar-refractivity contribution is 5.99. The summed E-state index contributed by atoms with van der Waals surface area (Å²) in [6, 6.07) is -2.98. The first-order valence-electron chi connectivity index (χ1n) is 13.7. The molecule has 1 aliphatic carbocycles. The van der Waals surface area contributed by atoms with Crippen LogP contribution in [0.2, 0.25) is 0 Å². The smallest absolute Gasteiger partial charge is 0.293 e. The molecule has 0 aromatic heterocycles. The van der Waals surface area contributed by atoms with Crippen molar-refractivity contribution in [3.8, 4) is 17.2 Å². The number of amides is 1. The van der Waals surface area contributed by atoms with E-state index in [1.54, 1.807) is 33.2 Å². The van der Waals surface area contributed by atoms with Gasteiger partial charge in [0.1, 0.15) is 29.9 Å². The Morgan fingerprint density at radius 1 is 0.833 bits per heavy atom. The van der Waals surface area contributed by atoms with Crippen molar-refractivity contribution in [1.29, 1.82) is 0 Å². The molecule has 2 unspecified atom stereocenters.